The molecular formula is C13H17N3O. The Morgan fingerprint density at radius 1 is 1.41 bits per heavy atom. The van der Waals surface area contributed by atoms with Gasteiger partial charge in [-0.2, -0.15) is 0 Å². The Bertz CT molecular complexity index is 505. The van der Waals surface area contributed by atoms with Gasteiger partial charge in [0.2, 0.25) is 0 Å². The summed E-state index contributed by atoms with van der Waals surface area (Å²) in [6.07, 6.45) is 3.56. The number of ether oxygens (including phenoxy) is 1. The van der Waals surface area contributed by atoms with Crippen molar-refractivity contribution in [2.75, 3.05) is 0 Å². The van der Waals surface area contributed by atoms with Gasteiger partial charge in [0.1, 0.15) is 12.4 Å². The third kappa shape index (κ3) is 2.65. The van der Waals surface area contributed by atoms with Crippen molar-refractivity contribution in [3.8, 4) is 5.75 Å². The van der Waals surface area contributed by atoms with Crippen molar-refractivity contribution in [3.05, 3.63) is 47.5 Å². The largest absolute Gasteiger partial charge is 0.487 e. The first-order valence-corrected chi connectivity index (χ1v) is 5.58. The van der Waals surface area contributed by atoms with Crippen LogP contribution in [0.4, 0.5) is 0 Å². The molecule has 2 N–H and O–H groups in total. The van der Waals surface area contributed by atoms with Crippen molar-refractivity contribution in [1.29, 1.82) is 0 Å². The first-order chi connectivity index (χ1) is 8.20. The first kappa shape index (κ1) is 11.7. The van der Waals surface area contributed by atoms with Crippen molar-refractivity contribution >= 4 is 0 Å². The number of aryl methyl sites for hydroxylation is 2. The summed E-state index contributed by atoms with van der Waals surface area (Å²) in [7, 11) is 1.95. The molecule has 2 aromatic rings. The van der Waals surface area contributed by atoms with Gasteiger partial charge in [-0.15, -0.1) is 0 Å². The predicted molar refractivity (Wildman–Crippen MR) is 66.6 cm³/mol. The van der Waals surface area contributed by atoms with E-state index < -0.39 is 0 Å². The average Bonchev–Trinajstić information content (AvgIpc) is 2.73. The van der Waals surface area contributed by atoms with E-state index in [1.165, 1.54) is 5.56 Å². The summed E-state index contributed by atoms with van der Waals surface area (Å²) in [6, 6.07) is 6.05. The number of nitrogens with zero attached hydrogens (tertiary/aromatic N) is 2. The third-order valence-corrected chi connectivity index (χ3v) is 2.73. The number of nitrogens with two attached hydrogens (primary N) is 1. The van der Waals surface area contributed by atoms with Gasteiger partial charge in [0.25, 0.3) is 0 Å². The maximum atomic E-state index is 5.77. The van der Waals surface area contributed by atoms with Crippen molar-refractivity contribution in [2.45, 2.75) is 20.1 Å². The maximum Gasteiger partial charge on any atom is 0.130 e. The molecule has 4 heteroatoms. The molecule has 0 radical (unpaired) electrons. The molecule has 0 saturated heterocycles. The van der Waals surface area contributed by atoms with Crippen molar-refractivity contribution in [2.24, 2.45) is 12.8 Å². The molecule has 0 atom stereocenters. The van der Waals surface area contributed by atoms with Gasteiger partial charge in [-0.25, -0.2) is 4.98 Å². The van der Waals surface area contributed by atoms with Crippen molar-refractivity contribution in [3.63, 3.8) is 0 Å². The van der Waals surface area contributed by atoms with Crippen LogP contribution in [-0.4, -0.2) is 9.55 Å². The minimum absolute atomic E-state index is 0.488. The molecule has 4 nitrogen and oxygen atoms in total. The highest BCUT2D eigenvalue weighted by Gasteiger charge is 2.04. The molecule has 0 aliphatic heterocycles. The molecule has 1 heterocycles. The Morgan fingerprint density at radius 3 is 2.88 bits per heavy atom. The van der Waals surface area contributed by atoms with Crippen LogP contribution in [-0.2, 0) is 20.2 Å². The monoisotopic (exact) mass is 231 g/mol. The lowest BCUT2D eigenvalue weighted by Gasteiger charge is -2.11. The molecule has 0 aliphatic carbocycles. The molecule has 0 amide bonds. The Hall–Kier alpha value is -1.81. The minimum atomic E-state index is 0.488. The van der Waals surface area contributed by atoms with E-state index in [2.05, 4.69) is 11.1 Å². The van der Waals surface area contributed by atoms with Gasteiger partial charge in [0, 0.05) is 19.2 Å². The van der Waals surface area contributed by atoms with Crippen LogP contribution in [0.1, 0.15) is 16.8 Å². The van der Waals surface area contributed by atoms with Gasteiger partial charge >= 0.3 is 0 Å². The quantitative estimate of drug-likeness (QED) is 0.872. The Kier molecular flexibility index (Phi) is 3.44. The van der Waals surface area contributed by atoms with E-state index in [0.717, 1.165) is 17.0 Å². The lowest BCUT2D eigenvalue weighted by atomic mass is 10.1. The molecule has 2 rings (SSSR count). The fraction of sp³-hybridized carbons (Fsp3) is 0.308. The maximum absolute atomic E-state index is 5.77. The second-order valence-corrected chi connectivity index (χ2v) is 4.10. The smallest absolute Gasteiger partial charge is 0.130 e. The van der Waals surface area contributed by atoms with Crippen LogP contribution in [0.15, 0.2) is 30.7 Å². The summed E-state index contributed by atoms with van der Waals surface area (Å²) in [4.78, 5) is 4.05. The van der Waals surface area contributed by atoms with E-state index >= 15 is 0 Å². The molecule has 90 valence electrons. The van der Waals surface area contributed by atoms with E-state index in [1.807, 2.05) is 30.7 Å². The Morgan fingerprint density at radius 2 is 2.24 bits per heavy atom. The number of rotatable bonds is 4. The van der Waals surface area contributed by atoms with Gasteiger partial charge in [-0.05, 0) is 13.0 Å². The van der Waals surface area contributed by atoms with Crippen molar-refractivity contribution in [1.82, 2.24) is 9.55 Å². The van der Waals surface area contributed by atoms with Crippen LogP contribution in [0.3, 0.4) is 0 Å². The van der Waals surface area contributed by atoms with E-state index in [9.17, 15) is 0 Å². The van der Waals surface area contributed by atoms with E-state index in [0.29, 0.717) is 13.2 Å². The Balaban J connectivity index is 2.11. The average molecular weight is 231 g/mol. The summed E-state index contributed by atoms with van der Waals surface area (Å²) in [6.45, 7) is 3.04. The van der Waals surface area contributed by atoms with E-state index in [4.69, 9.17) is 10.5 Å². The zero-order chi connectivity index (χ0) is 12.3. The third-order valence-electron chi connectivity index (χ3n) is 2.73. The van der Waals surface area contributed by atoms with Crippen LogP contribution >= 0.6 is 0 Å². The zero-order valence-corrected chi connectivity index (χ0v) is 10.2. The number of aromatic nitrogens is 2. The minimum Gasteiger partial charge on any atom is -0.487 e. The highest BCUT2D eigenvalue weighted by molar-refractivity contribution is 5.36. The van der Waals surface area contributed by atoms with Gasteiger partial charge in [0.05, 0.1) is 18.2 Å². The van der Waals surface area contributed by atoms with Gasteiger partial charge < -0.3 is 15.0 Å². The SMILES string of the molecule is Cc1ccc(OCc2cncn2C)c(CN)c1. The van der Waals surface area contributed by atoms with Gasteiger partial charge in [0.15, 0.2) is 0 Å². The van der Waals surface area contributed by atoms with E-state index in [-0.39, 0.29) is 0 Å². The second-order valence-electron chi connectivity index (χ2n) is 4.10. The standard InChI is InChI=1S/C13H17N3O/c1-10-3-4-13(11(5-10)6-14)17-8-12-7-15-9-16(12)2/h3-5,7,9H,6,8,14H2,1-2H3. The summed E-state index contributed by atoms with van der Waals surface area (Å²) in [5.41, 5.74) is 8.96. The summed E-state index contributed by atoms with van der Waals surface area (Å²) in [5.74, 6) is 0.847. The molecule has 0 bridgehead atoms. The normalized spacial score (nSPS) is 10.5. The van der Waals surface area contributed by atoms with Crippen LogP contribution in [0.25, 0.3) is 0 Å². The highest BCUT2D eigenvalue weighted by atomic mass is 16.5. The summed E-state index contributed by atoms with van der Waals surface area (Å²) < 4.78 is 7.71. The van der Waals surface area contributed by atoms with Crippen molar-refractivity contribution < 1.29 is 4.74 Å². The molecule has 0 fully saturated rings. The zero-order valence-electron chi connectivity index (χ0n) is 10.2. The fourth-order valence-corrected chi connectivity index (χ4v) is 1.68. The second kappa shape index (κ2) is 5.01. The van der Waals surface area contributed by atoms with E-state index in [1.54, 1.807) is 12.5 Å². The molecule has 1 aromatic carbocycles. The fourth-order valence-electron chi connectivity index (χ4n) is 1.68. The van der Waals surface area contributed by atoms with Crippen LogP contribution < -0.4 is 10.5 Å². The lowest BCUT2D eigenvalue weighted by molar-refractivity contribution is 0.294. The topological polar surface area (TPSA) is 53.1 Å². The molecular weight excluding hydrogens is 214 g/mol. The molecule has 0 saturated carbocycles. The highest BCUT2D eigenvalue weighted by Crippen LogP contribution is 2.20. The van der Waals surface area contributed by atoms with Gasteiger partial charge in [-0.3, -0.25) is 0 Å². The molecule has 0 unspecified atom stereocenters. The summed E-state index contributed by atoms with van der Waals surface area (Å²) >= 11 is 0. The predicted octanol–water partition coefficient (Wildman–Crippen LogP) is 1.77. The number of hydrogen-bond donors (Lipinski definition) is 1. The summed E-state index contributed by atoms with van der Waals surface area (Å²) in [5, 5.41) is 0. The Labute approximate surface area is 101 Å². The van der Waals surface area contributed by atoms with Crippen LogP contribution in [0, 0.1) is 6.92 Å². The van der Waals surface area contributed by atoms with Crippen LogP contribution in [0.2, 0.25) is 0 Å². The molecule has 0 aliphatic rings. The first-order valence-electron chi connectivity index (χ1n) is 5.58. The van der Waals surface area contributed by atoms with Gasteiger partial charge in [-0.1, -0.05) is 17.7 Å². The molecule has 0 spiro atoms. The van der Waals surface area contributed by atoms with Crippen LogP contribution in [0.5, 0.6) is 5.75 Å². The lowest BCUT2D eigenvalue weighted by Crippen LogP contribution is -2.05. The molecule has 17 heavy (non-hydrogen) atoms. The molecule has 1 aromatic heterocycles. The number of imidazole rings is 1. The number of hydrogen-bond acceptors (Lipinski definition) is 3. The number of benzene rings is 1.